The molecule has 3 aromatic rings. The van der Waals surface area contributed by atoms with Crippen molar-refractivity contribution in [3.8, 4) is 11.5 Å². The predicted octanol–water partition coefficient (Wildman–Crippen LogP) is 3.42. The average molecular weight is 366 g/mol. The Kier molecular flexibility index (Phi) is 4.22. The molecule has 4 rings (SSSR count). The van der Waals surface area contributed by atoms with Crippen LogP contribution >= 0.6 is 0 Å². The maximum Gasteiger partial charge on any atom is 0.256 e. The van der Waals surface area contributed by atoms with E-state index in [1.165, 1.54) is 0 Å². The van der Waals surface area contributed by atoms with Crippen LogP contribution in [0, 0.1) is 6.92 Å². The highest BCUT2D eigenvalue weighted by atomic mass is 16.5. The molecule has 0 unspecified atom stereocenters. The number of aryl methyl sites for hydroxylation is 2. The van der Waals surface area contributed by atoms with Crippen LogP contribution in [0.25, 0.3) is 11.0 Å². The SMILES string of the molecule is COc1cc(NC(=O)c2cc(C3CC3)nc3c2c(C)nn3C)cc(OC)c1. The summed E-state index contributed by atoms with van der Waals surface area (Å²) in [6.45, 7) is 1.90. The van der Waals surface area contributed by atoms with Gasteiger partial charge >= 0.3 is 0 Å². The molecule has 27 heavy (non-hydrogen) atoms. The molecule has 1 amide bonds. The van der Waals surface area contributed by atoms with Gasteiger partial charge in [-0.25, -0.2) is 4.98 Å². The summed E-state index contributed by atoms with van der Waals surface area (Å²) in [6.07, 6.45) is 2.23. The fourth-order valence-corrected chi connectivity index (χ4v) is 3.31. The summed E-state index contributed by atoms with van der Waals surface area (Å²) in [6, 6.07) is 7.19. The zero-order valence-electron chi connectivity index (χ0n) is 15.9. The van der Waals surface area contributed by atoms with E-state index >= 15 is 0 Å². The molecule has 1 aliphatic rings. The van der Waals surface area contributed by atoms with Crippen LogP contribution < -0.4 is 14.8 Å². The Bertz CT molecular complexity index is 1020. The molecule has 1 N–H and O–H groups in total. The lowest BCUT2D eigenvalue weighted by Gasteiger charge is -2.11. The van der Waals surface area contributed by atoms with E-state index < -0.39 is 0 Å². The Morgan fingerprint density at radius 2 is 1.81 bits per heavy atom. The number of anilines is 1. The van der Waals surface area contributed by atoms with E-state index in [4.69, 9.17) is 14.5 Å². The van der Waals surface area contributed by atoms with Crippen LogP contribution in [0.15, 0.2) is 24.3 Å². The Morgan fingerprint density at radius 1 is 1.15 bits per heavy atom. The third-order valence-corrected chi connectivity index (χ3v) is 4.84. The third kappa shape index (κ3) is 3.20. The second-order valence-corrected chi connectivity index (χ2v) is 6.83. The maximum atomic E-state index is 13.1. The zero-order chi connectivity index (χ0) is 19.1. The highest BCUT2D eigenvalue weighted by Crippen LogP contribution is 2.40. The number of pyridine rings is 1. The molecule has 0 atom stereocenters. The quantitative estimate of drug-likeness (QED) is 0.748. The van der Waals surface area contributed by atoms with Crippen molar-refractivity contribution < 1.29 is 14.3 Å². The first-order chi connectivity index (χ1) is 13.0. The number of ether oxygens (including phenoxy) is 2. The minimum absolute atomic E-state index is 0.198. The fraction of sp³-hybridized carbons (Fsp3) is 0.350. The molecule has 1 saturated carbocycles. The largest absolute Gasteiger partial charge is 0.497 e. The second kappa shape index (κ2) is 6.57. The first kappa shape index (κ1) is 17.3. The lowest BCUT2D eigenvalue weighted by atomic mass is 10.1. The molecule has 1 aromatic carbocycles. The van der Waals surface area contributed by atoms with E-state index in [0.29, 0.717) is 28.7 Å². The number of carbonyl (C=O) groups excluding carboxylic acids is 1. The highest BCUT2D eigenvalue weighted by molar-refractivity contribution is 6.12. The van der Waals surface area contributed by atoms with Crippen LogP contribution in [0.1, 0.15) is 40.5 Å². The topological polar surface area (TPSA) is 78.3 Å². The van der Waals surface area contributed by atoms with Gasteiger partial charge in [-0.05, 0) is 25.8 Å². The summed E-state index contributed by atoms with van der Waals surface area (Å²) in [5.41, 5.74) is 3.69. The van der Waals surface area contributed by atoms with Gasteiger partial charge in [0.15, 0.2) is 5.65 Å². The molecule has 1 fully saturated rings. The van der Waals surface area contributed by atoms with Gasteiger partial charge in [-0.1, -0.05) is 0 Å². The van der Waals surface area contributed by atoms with E-state index in [1.807, 2.05) is 20.0 Å². The second-order valence-electron chi connectivity index (χ2n) is 6.83. The first-order valence-corrected chi connectivity index (χ1v) is 8.89. The van der Waals surface area contributed by atoms with Crippen LogP contribution in [0.5, 0.6) is 11.5 Å². The number of benzene rings is 1. The molecule has 0 aliphatic heterocycles. The predicted molar refractivity (Wildman–Crippen MR) is 103 cm³/mol. The van der Waals surface area contributed by atoms with E-state index in [0.717, 1.165) is 35.3 Å². The van der Waals surface area contributed by atoms with Gasteiger partial charge in [-0.3, -0.25) is 9.48 Å². The van der Waals surface area contributed by atoms with Gasteiger partial charge in [0.25, 0.3) is 5.91 Å². The maximum absolute atomic E-state index is 13.1. The Labute approximate surface area is 157 Å². The Hall–Kier alpha value is -3.09. The standard InChI is InChI=1S/C20H22N4O3/c1-11-18-16(10-17(12-5-6-12)22-19(18)24(2)23-11)20(25)21-13-7-14(26-3)9-15(8-13)27-4/h7-10,12H,5-6H2,1-4H3,(H,21,25). The van der Waals surface area contributed by atoms with Crippen molar-refractivity contribution in [3.63, 3.8) is 0 Å². The van der Waals surface area contributed by atoms with Gasteiger partial charge in [0.1, 0.15) is 11.5 Å². The summed E-state index contributed by atoms with van der Waals surface area (Å²) in [5.74, 6) is 1.46. The van der Waals surface area contributed by atoms with Crippen molar-refractivity contribution in [3.05, 3.63) is 41.2 Å². The summed E-state index contributed by atoms with van der Waals surface area (Å²) in [7, 11) is 5.01. The van der Waals surface area contributed by atoms with Crippen molar-refractivity contribution in [2.75, 3.05) is 19.5 Å². The number of hydrogen-bond acceptors (Lipinski definition) is 5. The van der Waals surface area contributed by atoms with Crippen molar-refractivity contribution in [2.24, 2.45) is 7.05 Å². The highest BCUT2D eigenvalue weighted by Gasteiger charge is 2.28. The van der Waals surface area contributed by atoms with Crippen LogP contribution in [0.3, 0.4) is 0 Å². The molecule has 2 aromatic heterocycles. The number of rotatable bonds is 5. The average Bonchev–Trinajstić information content (AvgIpc) is 3.47. The third-order valence-electron chi connectivity index (χ3n) is 4.84. The van der Waals surface area contributed by atoms with Crippen LogP contribution in [0.4, 0.5) is 5.69 Å². The van der Waals surface area contributed by atoms with Crippen LogP contribution in [0.2, 0.25) is 0 Å². The number of fused-ring (bicyclic) bond motifs is 1. The number of aromatic nitrogens is 3. The molecule has 2 heterocycles. The number of nitrogens with one attached hydrogen (secondary N) is 1. The minimum atomic E-state index is -0.198. The molecular formula is C20H22N4O3. The molecule has 0 bridgehead atoms. The van der Waals surface area contributed by atoms with E-state index in [2.05, 4.69) is 10.4 Å². The molecule has 0 radical (unpaired) electrons. The Balaban J connectivity index is 1.76. The van der Waals surface area contributed by atoms with Crippen molar-refractivity contribution >= 4 is 22.6 Å². The monoisotopic (exact) mass is 366 g/mol. The number of amides is 1. The molecule has 0 saturated heterocycles. The number of methoxy groups -OCH3 is 2. The van der Waals surface area contributed by atoms with Crippen molar-refractivity contribution in [1.82, 2.24) is 14.8 Å². The molecule has 7 nitrogen and oxygen atoms in total. The number of nitrogens with zero attached hydrogens (tertiary/aromatic N) is 3. The first-order valence-electron chi connectivity index (χ1n) is 8.89. The van der Waals surface area contributed by atoms with Gasteiger partial charge < -0.3 is 14.8 Å². The summed E-state index contributed by atoms with van der Waals surface area (Å²) >= 11 is 0. The van der Waals surface area contributed by atoms with Gasteiger partial charge in [0, 0.05) is 42.5 Å². The smallest absolute Gasteiger partial charge is 0.256 e. The molecule has 1 aliphatic carbocycles. The van der Waals surface area contributed by atoms with E-state index in [-0.39, 0.29) is 5.91 Å². The molecular weight excluding hydrogens is 344 g/mol. The van der Waals surface area contributed by atoms with E-state index in [9.17, 15) is 4.79 Å². The van der Waals surface area contributed by atoms with Gasteiger partial charge in [-0.2, -0.15) is 5.10 Å². The fourth-order valence-electron chi connectivity index (χ4n) is 3.31. The normalized spacial score (nSPS) is 13.6. The summed E-state index contributed by atoms with van der Waals surface area (Å²) in [4.78, 5) is 17.9. The van der Waals surface area contributed by atoms with Gasteiger partial charge in [0.05, 0.1) is 30.9 Å². The Morgan fingerprint density at radius 3 is 2.41 bits per heavy atom. The number of hydrogen-bond donors (Lipinski definition) is 1. The molecule has 7 heteroatoms. The zero-order valence-corrected chi connectivity index (χ0v) is 15.9. The minimum Gasteiger partial charge on any atom is -0.497 e. The number of carbonyl (C=O) groups is 1. The lowest BCUT2D eigenvalue weighted by Crippen LogP contribution is -2.14. The van der Waals surface area contributed by atoms with Gasteiger partial charge in [0.2, 0.25) is 0 Å². The molecule has 140 valence electrons. The van der Waals surface area contributed by atoms with Gasteiger partial charge in [-0.15, -0.1) is 0 Å². The summed E-state index contributed by atoms with van der Waals surface area (Å²) in [5, 5.41) is 8.20. The van der Waals surface area contributed by atoms with E-state index in [1.54, 1.807) is 37.1 Å². The van der Waals surface area contributed by atoms with Crippen LogP contribution in [-0.2, 0) is 7.05 Å². The molecule has 0 spiro atoms. The van der Waals surface area contributed by atoms with Crippen LogP contribution in [-0.4, -0.2) is 34.9 Å². The van der Waals surface area contributed by atoms with Crippen molar-refractivity contribution in [1.29, 1.82) is 0 Å². The van der Waals surface area contributed by atoms with Crippen molar-refractivity contribution in [2.45, 2.75) is 25.7 Å². The summed E-state index contributed by atoms with van der Waals surface area (Å²) < 4.78 is 12.3. The lowest BCUT2D eigenvalue weighted by molar-refractivity contribution is 0.102.